The van der Waals surface area contributed by atoms with Gasteiger partial charge in [0.2, 0.25) is 0 Å². The number of aromatic carboxylic acids is 1. The van der Waals surface area contributed by atoms with E-state index in [-0.39, 0.29) is 17.5 Å². The molecule has 144 valence electrons. The zero-order valence-corrected chi connectivity index (χ0v) is 15.4. The molecule has 4 rings (SSSR count). The van der Waals surface area contributed by atoms with Crippen molar-refractivity contribution in [3.05, 3.63) is 59.6 Å². The maximum absolute atomic E-state index is 13.1. The molecule has 0 radical (unpaired) electrons. The van der Waals surface area contributed by atoms with Gasteiger partial charge in [0.25, 0.3) is 5.91 Å². The highest BCUT2D eigenvalue weighted by atomic mass is 16.5. The Hall–Kier alpha value is -3.42. The molecule has 2 aromatic heterocycles. The molecule has 3 heterocycles. The summed E-state index contributed by atoms with van der Waals surface area (Å²) < 4.78 is 7.00. The molecule has 8 heteroatoms. The molecule has 1 aliphatic heterocycles. The minimum Gasteiger partial charge on any atom is -0.478 e. The Bertz CT molecular complexity index is 1000. The van der Waals surface area contributed by atoms with Crippen LogP contribution < -0.4 is 0 Å². The van der Waals surface area contributed by atoms with Gasteiger partial charge in [-0.3, -0.25) is 9.48 Å². The molecular formula is C20H20N4O4. The summed E-state index contributed by atoms with van der Waals surface area (Å²) in [5.74, 6) is -0.581. The fraction of sp³-hybridized carbons (Fsp3) is 0.300. The van der Waals surface area contributed by atoms with E-state index in [0.29, 0.717) is 42.9 Å². The van der Waals surface area contributed by atoms with Crippen molar-refractivity contribution in [1.82, 2.24) is 19.8 Å². The van der Waals surface area contributed by atoms with Crippen molar-refractivity contribution in [2.75, 3.05) is 13.1 Å². The largest absolute Gasteiger partial charge is 0.478 e. The predicted molar refractivity (Wildman–Crippen MR) is 100 cm³/mol. The maximum atomic E-state index is 13.1. The summed E-state index contributed by atoms with van der Waals surface area (Å²) in [6.45, 7) is 2.87. The molecule has 1 fully saturated rings. The molecular weight excluding hydrogens is 360 g/mol. The third kappa shape index (κ3) is 3.28. The lowest BCUT2D eigenvalue weighted by Gasteiger charge is -2.32. The molecule has 1 aromatic carbocycles. The number of piperidine rings is 1. The van der Waals surface area contributed by atoms with Crippen LogP contribution in [0.2, 0.25) is 0 Å². The number of benzene rings is 1. The summed E-state index contributed by atoms with van der Waals surface area (Å²) in [5, 5.41) is 17.3. The number of carboxylic acid groups (broad SMARTS) is 1. The van der Waals surface area contributed by atoms with Crippen molar-refractivity contribution in [3.8, 4) is 11.3 Å². The first-order chi connectivity index (χ1) is 13.5. The molecule has 1 aliphatic rings. The van der Waals surface area contributed by atoms with Gasteiger partial charge in [0.1, 0.15) is 17.0 Å². The monoisotopic (exact) mass is 380 g/mol. The fourth-order valence-corrected chi connectivity index (χ4v) is 3.56. The van der Waals surface area contributed by atoms with Crippen LogP contribution in [0.15, 0.2) is 47.2 Å². The summed E-state index contributed by atoms with van der Waals surface area (Å²) >= 11 is 0. The lowest BCUT2D eigenvalue weighted by molar-refractivity contribution is 0.0687. The van der Waals surface area contributed by atoms with E-state index >= 15 is 0 Å². The molecule has 1 amide bonds. The predicted octanol–water partition coefficient (Wildman–Crippen LogP) is 3.02. The van der Waals surface area contributed by atoms with Gasteiger partial charge >= 0.3 is 5.97 Å². The normalized spacial score (nSPS) is 15.0. The molecule has 0 bridgehead atoms. The second-order valence-corrected chi connectivity index (χ2v) is 6.87. The van der Waals surface area contributed by atoms with Gasteiger partial charge in [-0.2, -0.15) is 5.10 Å². The number of amides is 1. The first kappa shape index (κ1) is 18.0. The van der Waals surface area contributed by atoms with Gasteiger partial charge in [0, 0.05) is 24.8 Å². The SMILES string of the molecule is Cc1onc(-c2ccccc2)c1C(=O)N1CCC(n2cc(C(=O)O)cn2)CC1. The Kier molecular flexibility index (Phi) is 4.68. The van der Waals surface area contributed by atoms with E-state index < -0.39 is 5.97 Å². The van der Waals surface area contributed by atoms with Crippen LogP contribution in [0, 0.1) is 6.92 Å². The van der Waals surface area contributed by atoms with Crippen LogP contribution in [0.4, 0.5) is 0 Å². The first-order valence-electron chi connectivity index (χ1n) is 9.13. The van der Waals surface area contributed by atoms with E-state index in [1.54, 1.807) is 22.7 Å². The Morgan fingerprint density at radius 3 is 2.54 bits per heavy atom. The molecule has 28 heavy (non-hydrogen) atoms. The van der Waals surface area contributed by atoms with Crippen LogP contribution in [0.25, 0.3) is 11.3 Å². The van der Waals surface area contributed by atoms with E-state index in [4.69, 9.17) is 9.63 Å². The number of hydrogen-bond acceptors (Lipinski definition) is 5. The van der Waals surface area contributed by atoms with Crippen LogP contribution in [0.5, 0.6) is 0 Å². The molecule has 1 N–H and O–H groups in total. The lowest BCUT2D eigenvalue weighted by atomic mass is 10.0. The Balaban J connectivity index is 1.49. The third-order valence-corrected chi connectivity index (χ3v) is 5.10. The number of hydrogen-bond donors (Lipinski definition) is 1. The van der Waals surface area contributed by atoms with Crippen molar-refractivity contribution < 1.29 is 19.2 Å². The highest BCUT2D eigenvalue weighted by molar-refractivity contribution is 6.00. The summed E-state index contributed by atoms with van der Waals surface area (Å²) in [4.78, 5) is 26.0. The highest BCUT2D eigenvalue weighted by Gasteiger charge is 2.30. The zero-order chi connectivity index (χ0) is 19.7. The van der Waals surface area contributed by atoms with Gasteiger partial charge in [-0.25, -0.2) is 4.79 Å². The maximum Gasteiger partial charge on any atom is 0.338 e. The minimum absolute atomic E-state index is 0.0781. The van der Waals surface area contributed by atoms with Crippen molar-refractivity contribution in [2.24, 2.45) is 0 Å². The quantitative estimate of drug-likeness (QED) is 0.746. The number of likely N-dealkylation sites (tertiary alicyclic amines) is 1. The van der Waals surface area contributed by atoms with Gasteiger partial charge in [-0.1, -0.05) is 35.5 Å². The van der Waals surface area contributed by atoms with Crippen molar-refractivity contribution >= 4 is 11.9 Å². The van der Waals surface area contributed by atoms with Gasteiger partial charge in [0.15, 0.2) is 0 Å². The molecule has 0 saturated carbocycles. The Morgan fingerprint density at radius 1 is 1.18 bits per heavy atom. The summed E-state index contributed by atoms with van der Waals surface area (Å²) in [6.07, 6.45) is 4.31. The van der Waals surface area contributed by atoms with Gasteiger partial charge in [0.05, 0.1) is 17.8 Å². The average Bonchev–Trinajstić information content (AvgIpc) is 3.35. The fourth-order valence-electron chi connectivity index (χ4n) is 3.56. The van der Waals surface area contributed by atoms with Crippen molar-refractivity contribution in [1.29, 1.82) is 0 Å². The van der Waals surface area contributed by atoms with Crippen LogP contribution in [0.3, 0.4) is 0 Å². The van der Waals surface area contributed by atoms with Gasteiger partial charge < -0.3 is 14.5 Å². The lowest BCUT2D eigenvalue weighted by Crippen LogP contribution is -2.39. The Labute approximate surface area is 161 Å². The number of aromatic nitrogens is 3. The number of rotatable bonds is 4. The van der Waals surface area contributed by atoms with E-state index in [9.17, 15) is 9.59 Å². The van der Waals surface area contributed by atoms with E-state index in [0.717, 1.165) is 5.56 Å². The number of aryl methyl sites for hydroxylation is 1. The Morgan fingerprint density at radius 2 is 1.89 bits per heavy atom. The number of carboxylic acids is 1. The third-order valence-electron chi connectivity index (χ3n) is 5.10. The highest BCUT2D eigenvalue weighted by Crippen LogP contribution is 2.29. The van der Waals surface area contributed by atoms with Gasteiger partial charge in [-0.15, -0.1) is 0 Å². The smallest absolute Gasteiger partial charge is 0.338 e. The van der Waals surface area contributed by atoms with E-state index in [1.807, 2.05) is 30.3 Å². The van der Waals surface area contributed by atoms with Crippen LogP contribution in [-0.4, -0.2) is 49.9 Å². The molecule has 0 atom stereocenters. The zero-order valence-electron chi connectivity index (χ0n) is 15.4. The molecule has 8 nitrogen and oxygen atoms in total. The number of nitrogens with zero attached hydrogens (tertiary/aromatic N) is 4. The summed E-state index contributed by atoms with van der Waals surface area (Å²) in [5.41, 5.74) is 2.07. The van der Waals surface area contributed by atoms with E-state index in [2.05, 4.69) is 10.3 Å². The van der Waals surface area contributed by atoms with Crippen LogP contribution in [0.1, 0.15) is 45.4 Å². The standard InChI is InChI=1S/C20H20N4O4/c1-13-17(18(22-28-13)14-5-3-2-4-6-14)19(25)23-9-7-16(8-10-23)24-12-15(11-21-24)20(26)27/h2-6,11-12,16H,7-10H2,1H3,(H,26,27). The number of carbonyl (C=O) groups excluding carboxylic acids is 1. The first-order valence-corrected chi connectivity index (χ1v) is 9.13. The van der Waals surface area contributed by atoms with Crippen LogP contribution >= 0.6 is 0 Å². The molecule has 0 spiro atoms. The minimum atomic E-state index is -0.991. The molecule has 3 aromatic rings. The molecule has 0 unspecified atom stereocenters. The topological polar surface area (TPSA) is 101 Å². The van der Waals surface area contributed by atoms with Gasteiger partial charge in [-0.05, 0) is 19.8 Å². The second kappa shape index (κ2) is 7.30. The number of carbonyl (C=O) groups is 2. The van der Waals surface area contributed by atoms with Crippen molar-refractivity contribution in [2.45, 2.75) is 25.8 Å². The average molecular weight is 380 g/mol. The summed E-state index contributed by atoms with van der Waals surface area (Å²) in [7, 11) is 0. The molecule has 1 saturated heterocycles. The van der Waals surface area contributed by atoms with Crippen LogP contribution in [-0.2, 0) is 0 Å². The second-order valence-electron chi connectivity index (χ2n) is 6.87. The van der Waals surface area contributed by atoms with E-state index in [1.165, 1.54) is 6.20 Å². The summed E-state index contributed by atoms with van der Waals surface area (Å²) in [6, 6.07) is 9.59. The molecule has 0 aliphatic carbocycles. The van der Waals surface area contributed by atoms with Crippen molar-refractivity contribution in [3.63, 3.8) is 0 Å².